The van der Waals surface area contributed by atoms with E-state index < -0.39 is 0 Å². The summed E-state index contributed by atoms with van der Waals surface area (Å²) >= 11 is 0. The second-order valence-corrected chi connectivity index (χ2v) is 2.59. The maximum absolute atomic E-state index is 4.94. The summed E-state index contributed by atoms with van der Waals surface area (Å²) < 4.78 is 4.94. The standard InChI is InChI=1S/C10H12O/c1-3-9(2)4-5-10-6-7-11-8-10/h6-8H,1,4-5H2,2H3. The molecule has 0 N–H and O–H groups in total. The minimum Gasteiger partial charge on any atom is -0.472 e. The van der Waals surface area contributed by atoms with Gasteiger partial charge in [0.1, 0.15) is 0 Å². The molecule has 0 unspecified atom stereocenters. The van der Waals surface area contributed by atoms with Crippen molar-refractivity contribution >= 4 is 0 Å². The van der Waals surface area contributed by atoms with Gasteiger partial charge in [-0.2, -0.15) is 0 Å². The predicted molar refractivity (Wildman–Crippen MR) is 45.4 cm³/mol. The second kappa shape index (κ2) is 3.85. The van der Waals surface area contributed by atoms with Gasteiger partial charge in [0, 0.05) is 0 Å². The van der Waals surface area contributed by atoms with Crippen LogP contribution in [-0.4, -0.2) is 0 Å². The Morgan fingerprint density at radius 3 is 3.09 bits per heavy atom. The fourth-order valence-electron chi connectivity index (χ4n) is 0.855. The van der Waals surface area contributed by atoms with Crippen LogP contribution in [0, 0.1) is 0 Å². The lowest BCUT2D eigenvalue weighted by Crippen LogP contribution is -1.81. The molecule has 0 aliphatic carbocycles. The molecule has 0 atom stereocenters. The SMILES string of the molecule is C=C=C(C)CCc1ccoc1. The number of furan rings is 1. The Bertz CT molecular complexity index is 250. The number of allylic oxidation sites excluding steroid dienone is 1. The zero-order valence-electron chi connectivity index (χ0n) is 6.76. The van der Waals surface area contributed by atoms with Crippen LogP contribution in [0.25, 0.3) is 0 Å². The van der Waals surface area contributed by atoms with E-state index in [1.165, 1.54) is 11.1 Å². The highest BCUT2D eigenvalue weighted by molar-refractivity contribution is 5.08. The van der Waals surface area contributed by atoms with Gasteiger partial charge in [-0.3, -0.25) is 0 Å². The van der Waals surface area contributed by atoms with Crippen molar-refractivity contribution in [1.82, 2.24) is 0 Å². The molecule has 1 aromatic heterocycles. The molecule has 1 heterocycles. The van der Waals surface area contributed by atoms with Crippen molar-refractivity contribution in [3.8, 4) is 0 Å². The molecule has 0 bridgehead atoms. The van der Waals surface area contributed by atoms with Gasteiger partial charge in [-0.25, -0.2) is 0 Å². The van der Waals surface area contributed by atoms with Crippen LogP contribution in [0.1, 0.15) is 18.9 Å². The summed E-state index contributed by atoms with van der Waals surface area (Å²) in [6, 6.07) is 1.98. The van der Waals surface area contributed by atoms with Crippen LogP contribution in [-0.2, 0) is 6.42 Å². The van der Waals surface area contributed by atoms with Gasteiger partial charge in [0.2, 0.25) is 0 Å². The van der Waals surface area contributed by atoms with Gasteiger partial charge < -0.3 is 4.42 Å². The first kappa shape index (κ1) is 7.90. The van der Waals surface area contributed by atoms with Crippen LogP contribution in [0.4, 0.5) is 0 Å². The highest BCUT2D eigenvalue weighted by atomic mass is 16.3. The minimum atomic E-state index is 1.02. The van der Waals surface area contributed by atoms with E-state index in [4.69, 9.17) is 4.42 Å². The maximum Gasteiger partial charge on any atom is 0.0934 e. The Hall–Kier alpha value is -1.20. The number of hydrogen-bond donors (Lipinski definition) is 0. The monoisotopic (exact) mass is 148 g/mol. The van der Waals surface area contributed by atoms with E-state index >= 15 is 0 Å². The van der Waals surface area contributed by atoms with E-state index in [-0.39, 0.29) is 0 Å². The maximum atomic E-state index is 4.94. The summed E-state index contributed by atoms with van der Waals surface area (Å²) in [5.41, 5.74) is 5.30. The van der Waals surface area contributed by atoms with Crippen LogP contribution in [0.15, 0.2) is 40.9 Å². The molecule has 1 rings (SSSR count). The van der Waals surface area contributed by atoms with Gasteiger partial charge in [0.25, 0.3) is 0 Å². The average Bonchev–Trinajstić information content (AvgIpc) is 2.52. The third-order valence-corrected chi connectivity index (χ3v) is 1.67. The van der Waals surface area contributed by atoms with E-state index in [1.54, 1.807) is 12.5 Å². The van der Waals surface area contributed by atoms with E-state index in [9.17, 15) is 0 Å². The quantitative estimate of drug-likeness (QED) is 0.600. The Morgan fingerprint density at radius 1 is 1.73 bits per heavy atom. The molecule has 0 fully saturated rings. The van der Waals surface area contributed by atoms with Gasteiger partial charge in [0.15, 0.2) is 0 Å². The zero-order chi connectivity index (χ0) is 8.10. The van der Waals surface area contributed by atoms with E-state index in [2.05, 4.69) is 12.3 Å². The summed E-state index contributed by atoms with van der Waals surface area (Å²) in [4.78, 5) is 0. The Morgan fingerprint density at radius 2 is 2.55 bits per heavy atom. The largest absolute Gasteiger partial charge is 0.472 e. The molecule has 0 saturated carbocycles. The first-order chi connectivity index (χ1) is 5.33. The molecule has 1 heteroatoms. The van der Waals surface area contributed by atoms with Gasteiger partial charge in [-0.05, 0) is 37.0 Å². The van der Waals surface area contributed by atoms with Crippen LogP contribution in [0.3, 0.4) is 0 Å². The molecule has 0 spiro atoms. The van der Waals surface area contributed by atoms with E-state index in [0.29, 0.717) is 0 Å². The molecule has 11 heavy (non-hydrogen) atoms. The molecule has 0 radical (unpaired) electrons. The van der Waals surface area contributed by atoms with Crippen molar-refractivity contribution in [1.29, 1.82) is 0 Å². The molecular weight excluding hydrogens is 136 g/mol. The number of rotatable bonds is 3. The fraction of sp³-hybridized carbons (Fsp3) is 0.300. The third-order valence-electron chi connectivity index (χ3n) is 1.67. The molecule has 1 nitrogen and oxygen atoms in total. The Balaban J connectivity index is 2.41. The van der Waals surface area contributed by atoms with Crippen molar-refractivity contribution < 1.29 is 4.42 Å². The van der Waals surface area contributed by atoms with Gasteiger partial charge in [0.05, 0.1) is 12.5 Å². The van der Waals surface area contributed by atoms with Crippen LogP contribution in [0.5, 0.6) is 0 Å². The van der Waals surface area contributed by atoms with Crippen molar-refractivity contribution in [3.63, 3.8) is 0 Å². The highest BCUT2D eigenvalue weighted by Crippen LogP contribution is 2.07. The normalized spacial score (nSPS) is 9.18. The Kier molecular flexibility index (Phi) is 2.76. The fourth-order valence-corrected chi connectivity index (χ4v) is 0.855. The van der Waals surface area contributed by atoms with Crippen molar-refractivity contribution in [2.24, 2.45) is 0 Å². The van der Waals surface area contributed by atoms with Crippen LogP contribution >= 0.6 is 0 Å². The molecule has 0 aliphatic heterocycles. The van der Waals surface area contributed by atoms with Crippen molar-refractivity contribution in [3.05, 3.63) is 42.0 Å². The average molecular weight is 148 g/mol. The van der Waals surface area contributed by atoms with Crippen molar-refractivity contribution in [2.75, 3.05) is 0 Å². The number of hydrogen-bond acceptors (Lipinski definition) is 1. The third kappa shape index (κ3) is 2.48. The van der Waals surface area contributed by atoms with Gasteiger partial charge in [-0.1, -0.05) is 6.58 Å². The summed E-state index contributed by atoms with van der Waals surface area (Å²) in [7, 11) is 0. The highest BCUT2D eigenvalue weighted by Gasteiger charge is 1.93. The van der Waals surface area contributed by atoms with Gasteiger partial charge in [-0.15, -0.1) is 5.73 Å². The Labute approximate surface area is 67.0 Å². The summed E-state index contributed by atoms with van der Waals surface area (Å²) in [6.07, 6.45) is 5.51. The van der Waals surface area contributed by atoms with Crippen LogP contribution < -0.4 is 0 Å². The molecule has 0 aliphatic rings. The summed E-state index contributed by atoms with van der Waals surface area (Å²) in [5, 5.41) is 0. The molecular formula is C10H12O. The second-order valence-electron chi connectivity index (χ2n) is 2.59. The topological polar surface area (TPSA) is 13.1 Å². The van der Waals surface area contributed by atoms with E-state index in [1.807, 2.05) is 13.0 Å². The lowest BCUT2D eigenvalue weighted by atomic mass is 10.1. The van der Waals surface area contributed by atoms with E-state index in [0.717, 1.165) is 12.8 Å². The lowest BCUT2D eigenvalue weighted by molar-refractivity contribution is 0.563. The number of aryl methyl sites for hydroxylation is 1. The molecule has 58 valence electrons. The minimum absolute atomic E-state index is 1.02. The molecule has 0 saturated heterocycles. The predicted octanol–water partition coefficient (Wildman–Crippen LogP) is 2.94. The van der Waals surface area contributed by atoms with Crippen molar-refractivity contribution in [2.45, 2.75) is 19.8 Å². The smallest absolute Gasteiger partial charge is 0.0934 e. The molecule has 0 aromatic carbocycles. The zero-order valence-corrected chi connectivity index (χ0v) is 6.76. The first-order valence-electron chi connectivity index (χ1n) is 3.69. The molecule has 0 amide bonds. The van der Waals surface area contributed by atoms with Gasteiger partial charge >= 0.3 is 0 Å². The lowest BCUT2D eigenvalue weighted by Gasteiger charge is -1.93. The first-order valence-corrected chi connectivity index (χ1v) is 3.69. The summed E-state index contributed by atoms with van der Waals surface area (Å²) in [5.74, 6) is 0. The van der Waals surface area contributed by atoms with Crippen LogP contribution in [0.2, 0.25) is 0 Å². The molecule has 1 aromatic rings. The summed E-state index contributed by atoms with van der Waals surface area (Å²) in [6.45, 7) is 5.61.